The number of nitrogens with one attached hydrogen (secondary N) is 1. The predicted octanol–water partition coefficient (Wildman–Crippen LogP) is 2.41. The van der Waals surface area contributed by atoms with Crippen LogP contribution in [0.15, 0.2) is 24.3 Å². The van der Waals surface area contributed by atoms with Gasteiger partial charge in [-0.1, -0.05) is 12.1 Å². The molecule has 1 aliphatic heterocycles. The smallest absolute Gasteiger partial charge is 0.123 e. The first kappa shape index (κ1) is 10.2. The maximum atomic E-state index is 12.9. The van der Waals surface area contributed by atoms with Crippen molar-refractivity contribution in [2.75, 3.05) is 13.2 Å². The zero-order valence-corrected chi connectivity index (χ0v) is 9.21. The van der Waals surface area contributed by atoms with Crippen molar-refractivity contribution in [2.45, 2.75) is 30.9 Å². The van der Waals surface area contributed by atoms with Gasteiger partial charge in [0.15, 0.2) is 0 Å². The van der Waals surface area contributed by atoms with Crippen molar-refractivity contribution in [3.8, 4) is 0 Å². The van der Waals surface area contributed by atoms with Crippen LogP contribution in [0.25, 0.3) is 0 Å². The van der Waals surface area contributed by atoms with Gasteiger partial charge >= 0.3 is 0 Å². The third-order valence-corrected chi connectivity index (χ3v) is 3.77. The van der Waals surface area contributed by atoms with Gasteiger partial charge in [-0.3, -0.25) is 0 Å². The second-order valence-corrected chi connectivity index (χ2v) is 4.71. The maximum Gasteiger partial charge on any atom is 0.123 e. The maximum absolute atomic E-state index is 12.9. The Kier molecular flexibility index (Phi) is 2.45. The van der Waals surface area contributed by atoms with Gasteiger partial charge in [-0.2, -0.15) is 0 Å². The lowest BCUT2D eigenvalue weighted by atomic mass is 9.71. The Labute approximate surface area is 94.8 Å². The number of morpholine rings is 1. The van der Waals surface area contributed by atoms with Crippen molar-refractivity contribution in [3.63, 3.8) is 0 Å². The Hall–Kier alpha value is -0.930. The van der Waals surface area contributed by atoms with Gasteiger partial charge in [0.2, 0.25) is 0 Å². The summed E-state index contributed by atoms with van der Waals surface area (Å²) >= 11 is 0. The molecule has 1 spiro atoms. The molecule has 0 radical (unpaired) electrons. The fraction of sp³-hybridized carbons (Fsp3) is 0.538. The van der Waals surface area contributed by atoms with Gasteiger partial charge < -0.3 is 10.1 Å². The average Bonchev–Trinajstić information content (AvgIpc) is 2.28. The van der Waals surface area contributed by atoms with Crippen LogP contribution in [0.4, 0.5) is 4.39 Å². The highest BCUT2D eigenvalue weighted by molar-refractivity contribution is 5.25. The summed E-state index contributed by atoms with van der Waals surface area (Å²) in [6, 6.07) is 7.01. The molecule has 1 heterocycles. The molecule has 2 fully saturated rings. The number of hydrogen-bond acceptors (Lipinski definition) is 2. The monoisotopic (exact) mass is 221 g/mol. The van der Waals surface area contributed by atoms with Crippen molar-refractivity contribution >= 4 is 0 Å². The molecule has 1 aromatic carbocycles. The molecule has 3 heteroatoms. The molecule has 1 saturated carbocycles. The highest BCUT2D eigenvalue weighted by atomic mass is 19.1. The van der Waals surface area contributed by atoms with E-state index in [4.69, 9.17) is 4.74 Å². The van der Waals surface area contributed by atoms with E-state index in [1.807, 2.05) is 12.1 Å². The van der Waals surface area contributed by atoms with E-state index in [2.05, 4.69) is 5.32 Å². The molecule has 1 N–H and O–H groups in total. The number of hydrogen-bond donors (Lipinski definition) is 1. The minimum Gasteiger partial charge on any atom is -0.372 e. The van der Waals surface area contributed by atoms with Crippen LogP contribution in [0, 0.1) is 5.82 Å². The predicted molar refractivity (Wildman–Crippen MR) is 59.7 cm³/mol. The third-order valence-electron chi connectivity index (χ3n) is 3.77. The van der Waals surface area contributed by atoms with Crippen molar-refractivity contribution in [2.24, 2.45) is 0 Å². The molecule has 1 aromatic rings. The summed E-state index contributed by atoms with van der Waals surface area (Å²) in [7, 11) is 0. The molecule has 0 aromatic heterocycles. The van der Waals surface area contributed by atoms with E-state index in [-0.39, 0.29) is 17.5 Å². The lowest BCUT2D eigenvalue weighted by Gasteiger charge is -2.50. The molecule has 2 aliphatic rings. The number of ether oxygens (including phenoxy) is 1. The summed E-state index contributed by atoms with van der Waals surface area (Å²) in [6.07, 6.45) is 3.46. The first-order valence-corrected chi connectivity index (χ1v) is 5.93. The molecular weight excluding hydrogens is 205 g/mol. The van der Waals surface area contributed by atoms with E-state index < -0.39 is 0 Å². The van der Waals surface area contributed by atoms with E-state index in [0.29, 0.717) is 0 Å². The Bertz CT molecular complexity index is 372. The molecule has 0 amide bonds. The lowest BCUT2D eigenvalue weighted by Crippen LogP contribution is -2.56. The molecule has 1 unspecified atom stereocenters. The van der Waals surface area contributed by atoms with E-state index in [9.17, 15) is 4.39 Å². The van der Waals surface area contributed by atoms with E-state index in [1.54, 1.807) is 0 Å². The van der Waals surface area contributed by atoms with Crippen LogP contribution in [0.2, 0.25) is 0 Å². The summed E-state index contributed by atoms with van der Waals surface area (Å²) in [5.41, 5.74) is 1.12. The van der Waals surface area contributed by atoms with Crippen LogP contribution in [0.5, 0.6) is 0 Å². The molecule has 2 nitrogen and oxygen atoms in total. The zero-order chi connectivity index (χ0) is 11.0. The molecule has 0 bridgehead atoms. The fourth-order valence-electron chi connectivity index (χ4n) is 2.76. The fourth-order valence-corrected chi connectivity index (χ4v) is 2.76. The topological polar surface area (TPSA) is 21.3 Å². The van der Waals surface area contributed by atoms with Crippen LogP contribution in [-0.2, 0) is 4.74 Å². The largest absolute Gasteiger partial charge is 0.372 e. The van der Waals surface area contributed by atoms with Gasteiger partial charge in [-0.05, 0) is 37.0 Å². The molecule has 86 valence electrons. The van der Waals surface area contributed by atoms with E-state index in [1.165, 1.54) is 18.6 Å². The normalized spacial score (nSPS) is 27.7. The van der Waals surface area contributed by atoms with Crippen LogP contribution in [0.3, 0.4) is 0 Å². The average molecular weight is 221 g/mol. The molecule has 1 atom stereocenters. The van der Waals surface area contributed by atoms with E-state index in [0.717, 1.165) is 31.6 Å². The minimum atomic E-state index is -0.178. The van der Waals surface area contributed by atoms with Gasteiger partial charge in [0, 0.05) is 6.54 Å². The number of halogens is 1. The standard InChI is InChI=1S/C13H16FNO/c14-11-4-2-10(3-5-11)12-13(6-1-7-13)16-9-8-15-12/h2-5,12,15H,1,6-9H2. The van der Waals surface area contributed by atoms with Crippen LogP contribution < -0.4 is 5.32 Å². The summed E-state index contributed by atoms with van der Waals surface area (Å²) in [4.78, 5) is 0. The number of benzene rings is 1. The Morgan fingerprint density at radius 3 is 2.62 bits per heavy atom. The van der Waals surface area contributed by atoms with Crippen molar-refractivity contribution in [3.05, 3.63) is 35.6 Å². The van der Waals surface area contributed by atoms with Crippen molar-refractivity contribution in [1.29, 1.82) is 0 Å². The van der Waals surface area contributed by atoms with Crippen LogP contribution in [0.1, 0.15) is 30.9 Å². The Balaban J connectivity index is 1.89. The van der Waals surface area contributed by atoms with Crippen molar-refractivity contribution in [1.82, 2.24) is 5.32 Å². The SMILES string of the molecule is Fc1ccc(C2NCCOC23CCC3)cc1. The molecular formula is C13H16FNO. The summed E-state index contributed by atoms with van der Waals surface area (Å²) in [5.74, 6) is -0.178. The first-order valence-electron chi connectivity index (χ1n) is 5.93. The third kappa shape index (κ3) is 1.55. The van der Waals surface area contributed by atoms with Crippen molar-refractivity contribution < 1.29 is 9.13 Å². The second-order valence-electron chi connectivity index (χ2n) is 4.71. The Morgan fingerprint density at radius 1 is 1.25 bits per heavy atom. The van der Waals surface area contributed by atoms with Gasteiger partial charge in [0.05, 0.1) is 18.2 Å². The van der Waals surface area contributed by atoms with Crippen LogP contribution in [-0.4, -0.2) is 18.8 Å². The second kappa shape index (κ2) is 3.82. The van der Waals surface area contributed by atoms with Gasteiger partial charge in [-0.25, -0.2) is 4.39 Å². The summed E-state index contributed by atoms with van der Waals surface area (Å²) < 4.78 is 18.8. The highest BCUT2D eigenvalue weighted by Crippen LogP contribution is 2.46. The van der Waals surface area contributed by atoms with Gasteiger partial charge in [0.1, 0.15) is 5.82 Å². The van der Waals surface area contributed by atoms with Crippen LogP contribution >= 0.6 is 0 Å². The summed E-state index contributed by atoms with van der Waals surface area (Å²) in [6.45, 7) is 1.67. The molecule has 1 aliphatic carbocycles. The highest BCUT2D eigenvalue weighted by Gasteiger charge is 2.47. The quantitative estimate of drug-likeness (QED) is 0.786. The number of rotatable bonds is 1. The molecule has 3 rings (SSSR count). The minimum absolute atomic E-state index is 0.0178. The zero-order valence-electron chi connectivity index (χ0n) is 9.21. The lowest BCUT2D eigenvalue weighted by molar-refractivity contribution is -0.146. The Morgan fingerprint density at radius 2 is 2.00 bits per heavy atom. The molecule has 16 heavy (non-hydrogen) atoms. The van der Waals surface area contributed by atoms with E-state index >= 15 is 0 Å². The van der Waals surface area contributed by atoms with Gasteiger partial charge in [0.25, 0.3) is 0 Å². The molecule has 1 saturated heterocycles. The summed E-state index contributed by atoms with van der Waals surface area (Å²) in [5, 5.41) is 3.50. The van der Waals surface area contributed by atoms with Gasteiger partial charge in [-0.15, -0.1) is 0 Å². The first-order chi connectivity index (χ1) is 7.80.